The lowest BCUT2D eigenvalue weighted by Crippen LogP contribution is -2.32. The number of H-pyrrole nitrogens is 1. The van der Waals surface area contributed by atoms with Crippen molar-refractivity contribution in [3.05, 3.63) is 91.3 Å². The molecule has 2 aliphatic heterocycles. The minimum absolute atomic E-state index is 0.262. The highest BCUT2D eigenvalue weighted by molar-refractivity contribution is 9.10. The molecule has 2 N–H and O–H groups in total. The third kappa shape index (κ3) is 5.55. The van der Waals surface area contributed by atoms with Crippen LogP contribution in [-0.2, 0) is 14.4 Å². The summed E-state index contributed by atoms with van der Waals surface area (Å²) in [7, 11) is 3.04. The monoisotopic (exact) mass is 681 g/mol. The largest absolute Gasteiger partial charge is 0.497 e. The van der Waals surface area contributed by atoms with E-state index in [1.807, 2.05) is 0 Å². The highest BCUT2D eigenvalue weighted by Crippen LogP contribution is 2.53. The van der Waals surface area contributed by atoms with Crippen LogP contribution in [0.3, 0.4) is 0 Å². The number of nitrogens with zero attached hydrogens (tertiary/aromatic N) is 1. The molecule has 0 radical (unpaired) electrons. The Kier molecular flexibility index (Phi) is 8.03. The molecular formula is C30H24BrN3O7S2. The second-order valence-electron chi connectivity index (χ2n) is 9.71. The van der Waals surface area contributed by atoms with Crippen LogP contribution in [0.4, 0.5) is 11.4 Å². The number of imide groups is 1. The summed E-state index contributed by atoms with van der Waals surface area (Å²) in [5, 5.41) is 2.62. The molecule has 13 heteroatoms. The van der Waals surface area contributed by atoms with Crippen LogP contribution in [0.2, 0.25) is 0 Å². The zero-order valence-electron chi connectivity index (χ0n) is 22.8. The number of thiazole rings is 1. The number of hydrogen-bond acceptors (Lipinski definition) is 9. The second-order valence-corrected chi connectivity index (χ2v) is 12.8. The van der Waals surface area contributed by atoms with Crippen LogP contribution in [0.1, 0.15) is 16.4 Å². The van der Waals surface area contributed by atoms with Crippen molar-refractivity contribution in [2.24, 2.45) is 5.92 Å². The highest BCUT2D eigenvalue weighted by atomic mass is 79.9. The summed E-state index contributed by atoms with van der Waals surface area (Å²) in [5.74, 6) is -1.02. The molecule has 6 rings (SSSR count). The Morgan fingerprint density at radius 3 is 2.40 bits per heavy atom. The van der Waals surface area contributed by atoms with Crippen molar-refractivity contribution < 1.29 is 28.6 Å². The fourth-order valence-electron chi connectivity index (χ4n) is 5.23. The maximum atomic E-state index is 13.9. The van der Waals surface area contributed by atoms with E-state index in [9.17, 15) is 19.2 Å². The number of ether oxygens (including phenoxy) is 3. The number of methoxy groups -OCH3 is 2. The summed E-state index contributed by atoms with van der Waals surface area (Å²) in [6.45, 7) is -0.273. The Balaban J connectivity index is 1.27. The number of anilines is 2. The molecular weight excluding hydrogens is 658 g/mol. The average molecular weight is 683 g/mol. The molecule has 43 heavy (non-hydrogen) atoms. The molecule has 4 aromatic rings. The third-order valence-electron chi connectivity index (χ3n) is 7.19. The van der Waals surface area contributed by atoms with Crippen molar-refractivity contribution in [3.8, 4) is 17.2 Å². The molecule has 0 spiro atoms. The normalized spacial score (nSPS) is 19.0. The van der Waals surface area contributed by atoms with Crippen molar-refractivity contribution in [2.45, 2.75) is 16.2 Å². The topological polar surface area (TPSA) is 127 Å². The maximum absolute atomic E-state index is 13.9. The standard InChI is InChI=1S/C30H24BrN3O7S2/c1-39-19-10-6-17(7-11-19)32-22(35)14-41-20-12-3-15(13-21(20)40-2)23-24-26(42-27-25(23)43-30(38)33-27)29(37)34(28(24)36)18-8-4-16(31)5-9-18/h3-13,23-24,26H,14H2,1-2H3,(H,32,35)(H,33,38)/t23-,24-,26+/m0/s1. The lowest BCUT2D eigenvalue weighted by Gasteiger charge is -2.30. The number of rotatable bonds is 8. The summed E-state index contributed by atoms with van der Waals surface area (Å²) in [6, 6.07) is 19.1. The van der Waals surface area contributed by atoms with E-state index in [2.05, 4.69) is 26.2 Å². The number of benzene rings is 3. The molecule has 1 saturated heterocycles. The van der Waals surface area contributed by atoms with Crippen LogP contribution in [0.25, 0.3) is 0 Å². The first-order chi connectivity index (χ1) is 20.8. The van der Waals surface area contributed by atoms with Gasteiger partial charge in [0, 0.05) is 21.0 Å². The minimum atomic E-state index is -0.744. The van der Waals surface area contributed by atoms with Gasteiger partial charge in [-0.2, -0.15) is 0 Å². The number of halogens is 1. The number of aromatic nitrogens is 1. The number of carbonyl (C=O) groups excluding carboxylic acids is 3. The summed E-state index contributed by atoms with van der Waals surface area (Å²) in [6.07, 6.45) is 0. The first-order valence-electron chi connectivity index (χ1n) is 13.0. The van der Waals surface area contributed by atoms with Gasteiger partial charge in [-0.1, -0.05) is 45.1 Å². The number of nitrogens with one attached hydrogen (secondary N) is 2. The predicted molar refractivity (Wildman–Crippen MR) is 167 cm³/mol. The van der Waals surface area contributed by atoms with Crippen LogP contribution < -0.4 is 29.3 Å². The van der Waals surface area contributed by atoms with Crippen LogP contribution in [-0.4, -0.2) is 48.8 Å². The van der Waals surface area contributed by atoms with Gasteiger partial charge in [-0.3, -0.25) is 19.2 Å². The summed E-state index contributed by atoms with van der Waals surface area (Å²) in [5.41, 5.74) is 1.76. The van der Waals surface area contributed by atoms with Crippen LogP contribution in [0.15, 0.2) is 81.0 Å². The number of carbonyl (C=O) groups is 3. The number of hydrogen-bond donors (Lipinski definition) is 2. The van der Waals surface area contributed by atoms with E-state index in [0.717, 1.165) is 15.8 Å². The SMILES string of the molecule is COc1ccc(NC(=O)COc2ccc([C@@H]3c4sc(=O)[nH]c4S[C@H]4C(=O)N(c5ccc(Br)cc5)C(=O)[C@@H]34)cc2OC)cc1. The smallest absolute Gasteiger partial charge is 0.305 e. The molecule has 3 amide bonds. The van der Waals surface area contributed by atoms with Gasteiger partial charge >= 0.3 is 4.87 Å². The summed E-state index contributed by atoms with van der Waals surface area (Å²) < 4.78 is 17.3. The fourth-order valence-corrected chi connectivity index (χ4v) is 8.01. The lowest BCUT2D eigenvalue weighted by molar-refractivity contribution is -0.122. The van der Waals surface area contributed by atoms with E-state index < -0.39 is 17.1 Å². The Bertz CT molecular complexity index is 1770. The molecule has 0 unspecified atom stereocenters. The fraction of sp³-hybridized carbons (Fsp3) is 0.200. The summed E-state index contributed by atoms with van der Waals surface area (Å²) in [4.78, 5) is 56.9. The number of amides is 3. The first kappa shape index (κ1) is 29.0. The Morgan fingerprint density at radius 1 is 0.953 bits per heavy atom. The van der Waals surface area contributed by atoms with Gasteiger partial charge in [0.2, 0.25) is 11.8 Å². The Hall–Kier alpha value is -4.07. The third-order valence-corrected chi connectivity index (χ3v) is 10.1. The van der Waals surface area contributed by atoms with E-state index in [0.29, 0.717) is 44.1 Å². The van der Waals surface area contributed by atoms with Crippen LogP contribution in [0.5, 0.6) is 17.2 Å². The number of thioether (sulfide) groups is 1. The number of aromatic amines is 1. The zero-order chi connectivity index (χ0) is 30.2. The van der Waals surface area contributed by atoms with E-state index in [1.54, 1.807) is 73.8 Å². The van der Waals surface area contributed by atoms with Gasteiger partial charge in [0.05, 0.1) is 30.9 Å². The molecule has 1 aromatic heterocycles. The highest BCUT2D eigenvalue weighted by Gasteiger charge is 2.56. The quantitative estimate of drug-likeness (QED) is 0.248. The van der Waals surface area contributed by atoms with E-state index in [4.69, 9.17) is 14.2 Å². The molecule has 0 bridgehead atoms. The molecule has 0 saturated carbocycles. The second kappa shape index (κ2) is 11.9. The molecule has 2 aliphatic rings. The maximum Gasteiger partial charge on any atom is 0.305 e. The van der Waals surface area contributed by atoms with Crippen molar-refractivity contribution in [1.82, 2.24) is 4.98 Å². The molecule has 1 fully saturated rings. The van der Waals surface area contributed by atoms with Crippen LogP contribution >= 0.6 is 39.0 Å². The Labute approximate surface area is 262 Å². The van der Waals surface area contributed by atoms with Crippen molar-refractivity contribution in [2.75, 3.05) is 31.0 Å². The van der Waals surface area contributed by atoms with Crippen LogP contribution in [0, 0.1) is 5.92 Å². The molecule has 10 nitrogen and oxygen atoms in total. The van der Waals surface area contributed by atoms with Gasteiger partial charge in [-0.15, -0.1) is 0 Å². The van der Waals surface area contributed by atoms with Gasteiger partial charge in [-0.25, -0.2) is 4.90 Å². The zero-order valence-corrected chi connectivity index (χ0v) is 26.0. The first-order valence-corrected chi connectivity index (χ1v) is 15.5. The molecule has 3 heterocycles. The Morgan fingerprint density at radius 2 is 1.70 bits per heavy atom. The van der Waals surface area contributed by atoms with Crippen molar-refractivity contribution in [3.63, 3.8) is 0 Å². The molecule has 3 aromatic carbocycles. The molecule has 0 aliphatic carbocycles. The van der Waals surface area contributed by atoms with Gasteiger partial charge in [-0.05, 0) is 66.2 Å². The van der Waals surface area contributed by atoms with E-state index in [-0.39, 0.29) is 29.2 Å². The lowest BCUT2D eigenvalue weighted by atomic mass is 9.83. The van der Waals surface area contributed by atoms with Crippen molar-refractivity contribution in [1.29, 1.82) is 0 Å². The minimum Gasteiger partial charge on any atom is -0.497 e. The van der Waals surface area contributed by atoms with Gasteiger partial charge in [0.25, 0.3) is 5.91 Å². The van der Waals surface area contributed by atoms with Gasteiger partial charge in [0.15, 0.2) is 18.1 Å². The van der Waals surface area contributed by atoms with E-state index in [1.165, 1.54) is 23.8 Å². The summed E-state index contributed by atoms with van der Waals surface area (Å²) >= 11 is 5.63. The number of fused-ring (bicyclic) bond motifs is 2. The van der Waals surface area contributed by atoms with Gasteiger partial charge in [0.1, 0.15) is 11.0 Å². The van der Waals surface area contributed by atoms with E-state index >= 15 is 0 Å². The predicted octanol–water partition coefficient (Wildman–Crippen LogP) is 5.03. The molecule has 220 valence electrons. The average Bonchev–Trinajstić information content (AvgIpc) is 3.50. The van der Waals surface area contributed by atoms with Gasteiger partial charge < -0.3 is 24.5 Å². The molecule has 3 atom stereocenters. The van der Waals surface area contributed by atoms with Crippen molar-refractivity contribution >= 4 is 68.1 Å².